The first kappa shape index (κ1) is 41.3. The van der Waals surface area contributed by atoms with Crippen molar-refractivity contribution in [2.24, 2.45) is 5.92 Å². The highest BCUT2D eigenvalue weighted by molar-refractivity contribution is 6.09. The second-order valence-corrected chi connectivity index (χ2v) is 13.3. The maximum Gasteiger partial charge on any atom is 0.339 e. The van der Waals surface area contributed by atoms with Crippen LogP contribution in [0.5, 0.6) is 11.5 Å². The maximum atomic E-state index is 13.2. The van der Waals surface area contributed by atoms with Crippen LogP contribution in [0.25, 0.3) is 6.08 Å². The lowest BCUT2D eigenvalue weighted by Crippen LogP contribution is -2.25. The number of carboxylic acid groups (broad SMARTS) is 1. The highest BCUT2D eigenvalue weighted by Gasteiger charge is 2.24. The van der Waals surface area contributed by atoms with Crippen LogP contribution in [-0.2, 0) is 16.0 Å². The second kappa shape index (κ2) is 18.7. The summed E-state index contributed by atoms with van der Waals surface area (Å²) in [7, 11) is 0. The van der Waals surface area contributed by atoms with Gasteiger partial charge in [-0.25, -0.2) is 4.79 Å². The van der Waals surface area contributed by atoms with Crippen LogP contribution in [0.3, 0.4) is 0 Å². The quantitative estimate of drug-likeness (QED) is 0.0454. The summed E-state index contributed by atoms with van der Waals surface area (Å²) >= 11 is 0. The molecule has 5 aromatic rings. The Morgan fingerprint density at radius 3 is 1.86 bits per heavy atom. The predicted octanol–water partition coefficient (Wildman–Crippen LogP) is 7.48. The molecule has 0 aromatic heterocycles. The SMILES string of the molecule is Cc1c(NC(=O)c2ccc(NC(=O)c3ccc(NC(=O)C(CC#N)CC(=O)c4ccc(CC(=O)/C=C/c5ccccc5)cc4)cc3)c(C)c2O)ccc(C(=O)O)c1O. The number of phenolic OH excluding ortho intramolecular Hbond substituents is 1. The van der Waals surface area contributed by atoms with Crippen molar-refractivity contribution in [3.63, 3.8) is 0 Å². The van der Waals surface area contributed by atoms with Crippen molar-refractivity contribution in [1.82, 2.24) is 0 Å². The fraction of sp³-hybridized carbons (Fsp3) is 0.133. The molecule has 13 heteroatoms. The molecule has 13 nitrogen and oxygen atoms in total. The van der Waals surface area contributed by atoms with Crippen LogP contribution in [0, 0.1) is 31.1 Å². The zero-order valence-corrected chi connectivity index (χ0v) is 31.4. The Kier molecular flexibility index (Phi) is 13.3. The number of carbonyl (C=O) groups is 6. The number of hydrogen-bond donors (Lipinski definition) is 6. The Bertz CT molecular complexity index is 2470. The first-order chi connectivity index (χ1) is 27.7. The monoisotopic (exact) mass is 778 g/mol. The molecule has 1 atom stereocenters. The number of nitrogens with zero attached hydrogens (tertiary/aromatic N) is 1. The third kappa shape index (κ3) is 10.3. The number of phenols is 2. The minimum atomic E-state index is -1.34. The van der Waals surface area contributed by atoms with E-state index in [2.05, 4.69) is 16.0 Å². The summed E-state index contributed by atoms with van der Waals surface area (Å²) in [5.41, 5.74) is 2.65. The van der Waals surface area contributed by atoms with E-state index < -0.39 is 41.1 Å². The third-order valence-corrected chi connectivity index (χ3v) is 9.30. The van der Waals surface area contributed by atoms with Gasteiger partial charge in [0.15, 0.2) is 11.6 Å². The Hall–Kier alpha value is -7.85. The number of allylic oxidation sites excluding steroid dienone is 1. The van der Waals surface area contributed by atoms with Crippen LogP contribution >= 0.6 is 0 Å². The molecular formula is C45H38N4O9. The van der Waals surface area contributed by atoms with Gasteiger partial charge in [0.25, 0.3) is 11.8 Å². The summed E-state index contributed by atoms with van der Waals surface area (Å²) < 4.78 is 0. The van der Waals surface area contributed by atoms with Gasteiger partial charge in [-0.3, -0.25) is 24.0 Å². The molecule has 5 aromatic carbocycles. The zero-order valence-electron chi connectivity index (χ0n) is 31.4. The normalized spacial score (nSPS) is 11.3. The van der Waals surface area contributed by atoms with Crippen LogP contribution < -0.4 is 16.0 Å². The lowest BCUT2D eigenvalue weighted by atomic mass is 9.94. The lowest BCUT2D eigenvalue weighted by molar-refractivity contribution is -0.119. The number of carbonyl (C=O) groups excluding carboxylic acids is 5. The van der Waals surface area contributed by atoms with Gasteiger partial charge in [0, 0.05) is 58.6 Å². The summed E-state index contributed by atoms with van der Waals surface area (Å²) in [5, 5.41) is 47.5. The molecule has 5 rings (SSSR count). The van der Waals surface area contributed by atoms with Gasteiger partial charge in [-0.1, -0.05) is 60.7 Å². The molecule has 0 saturated carbocycles. The topological polar surface area (TPSA) is 223 Å². The molecule has 3 amide bonds. The largest absolute Gasteiger partial charge is 0.507 e. The number of rotatable bonds is 15. The number of anilines is 3. The number of nitriles is 1. The number of Topliss-reactive ketones (excluding diaryl/α,β-unsaturated/α-hetero) is 1. The van der Waals surface area contributed by atoms with Crippen LogP contribution in [0.2, 0.25) is 0 Å². The van der Waals surface area contributed by atoms with Crippen molar-refractivity contribution < 1.29 is 44.1 Å². The molecule has 6 N–H and O–H groups in total. The van der Waals surface area contributed by atoms with E-state index in [4.69, 9.17) is 0 Å². The van der Waals surface area contributed by atoms with Gasteiger partial charge in [0.1, 0.15) is 17.1 Å². The molecule has 0 spiro atoms. The van der Waals surface area contributed by atoms with E-state index in [1.165, 1.54) is 62.4 Å². The van der Waals surface area contributed by atoms with E-state index in [9.17, 15) is 49.3 Å². The minimum Gasteiger partial charge on any atom is -0.507 e. The molecule has 0 aliphatic heterocycles. The van der Waals surface area contributed by atoms with Crippen LogP contribution in [0.15, 0.2) is 109 Å². The Morgan fingerprint density at radius 1 is 0.690 bits per heavy atom. The average molecular weight is 779 g/mol. The number of nitrogens with one attached hydrogen (secondary N) is 3. The van der Waals surface area contributed by atoms with Gasteiger partial charge < -0.3 is 31.3 Å². The molecule has 0 radical (unpaired) electrons. The number of hydrogen-bond acceptors (Lipinski definition) is 9. The smallest absolute Gasteiger partial charge is 0.339 e. The summed E-state index contributed by atoms with van der Waals surface area (Å²) in [6.07, 6.45) is 2.95. The lowest BCUT2D eigenvalue weighted by Gasteiger charge is -2.15. The van der Waals surface area contributed by atoms with Crippen LogP contribution in [0.4, 0.5) is 17.1 Å². The molecule has 0 aliphatic carbocycles. The zero-order chi connectivity index (χ0) is 41.9. The van der Waals surface area contributed by atoms with Gasteiger partial charge >= 0.3 is 5.97 Å². The first-order valence-corrected chi connectivity index (χ1v) is 17.9. The van der Waals surface area contributed by atoms with E-state index in [-0.39, 0.29) is 70.0 Å². The minimum absolute atomic E-state index is 0.100. The van der Waals surface area contributed by atoms with Crippen molar-refractivity contribution in [2.75, 3.05) is 16.0 Å². The van der Waals surface area contributed by atoms with Gasteiger partial charge in [-0.2, -0.15) is 5.26 Å². The van der Waals surface area contributed by atoms with Crippen molar-refractivity contribution in [2.45, 2.75) is 33.1 Å². The van der Waals surface area contributed by atoms with E-state index in [1.807, 2.05) is 36.4 Å². The van der Waals surface area contributed by atoms with E-state index >= 15 is 0 Å². The fourth-order valence-corrected chi connectivity index (χ4v) is 5.89. The Morgan fingerprint density at radius 2 is 1.26 bits per heavy atom. The highest BCUT2D eigenvalue weighted by Crippen LogP contribution is 2.32. The Labute approximate surface area is 333 Å². The van der Waals surface area contributed by atoms with Crippen molar-refractivity contribution in [1.29, 1.82) is 5.26 Å². The highest BCUT2D eigenvalue weighted by atomic mass is 16.4. The third-order valence-electron chi connectivity index (χ3n) is 9.30. The summed E-state index contributed by atoms with van der Waals surface area (Å²) in [6.45, 7) is 2.92. The summed E-state index contributed by atoms with van der Waals surface area (Å²) in [4.78, 5) is 76.1. The number of ketones is 2. The van der Waals surface area contributed by atoms with Gasteiger partial charge in [-0.15, -0.1) is 0 Å². The molecule has 0 aliphatic rings. The van der Waals surface area contributed by atoms with Crippen molar-refractivity contribution in [3.8, 4) is 17.6 Å². The fourth-order valence-electron chi connectivity index (χ4n) is 5.89. The Balaban J connectivity index is 1.16. The predicted molar refractivity (Wildman–Crippen MR) is 217 cm³/mol. The maximum absolute atomic E-state index is 13.2. The van der Waals surface area contributed by atoms with E-state index in [0.29, 0.717) is 11.3 Å². The number of aromatic hydroxyl groups is 2. The standard InChI is InChI=1S/C45H38N4O9/c1-26-37(20-18-35(40(26)52)44(56)49-38-21-19-36(45(57)58)41(53)27(38)2)48-42(54)31-13-15-33(16-14-31)47-43(55)32(22-23-46)25-39(51)30-11-8-29(9-12-30)24-34(50)17-10-28-6-4-3-5-7-28/h3-21,32,52-53H,22,24-25H2,1-2H3,(H,47,55)(H,48,54)(H,49,56)(H,57,58)/b17-10+. The van der Waals surface area contributed by atoms with E-state index in [0.717, 1.165) is 17.2 Å². The molecule has 0 bridgehead atoms. The van der Waals surface area contributed by atoms with Gasteiger partial charge in [-0.05, 0) is 79.6 Å². The molecule has 292 valence electrons. The summed E-state index contributed by atoms with van der Waals surface area (Å²) in [5.74, 6) is -5.52. The van der Waals surface area contributed by atoms with Crippen molar-refractivity contribution in [3.05, 3.63) is 154 Å². The number of carboxylic acids is 1. The number of benzene rings is 5. The van der Waals surface area contributed by atoms with E-state index in [1.54, 1.807) is 30.3 Å². The first-order valence-electron chi connectivity index (χ1n) is 17.9. The molecule has 0 saturated heterocycles. The molecular weight excluding hydrogens is 741 g/mol. The van der Waals surface area contributed by atoms with Gasteiger partial charge in [0.05, 0.1) is 17.6 Å². The molecule has 0 heterocycles. The molecule has 58 heavy (non-hydrogen) atoms. The molecule has 1 unspecified atom stereocenters. The van der Waals surface area contributed by atoms with Crippen LogP contribution in [0.1, 0.15) is 76.5 Å². The molecule has 0 fully saturated rings. The van der Waals surface area contributed by atoms with Crippen molar-refractivity contribution >= 4 is 58.4 Å². The average Bonchev–Trinajstić information content (AvgIpc) is 3.21. The second-order valence-electron chi connectivity index (χ2n) is 13.3. The van der Waals surface area contributed by atoms with Gasteiger partial charge in [0.2, 0.25) is 5.91 Å². The number of aromatic carboxylic acids is 1. The van der Waals surface area contributed by atoms with Crippen LogP contribution in [-0.4, -0.2) is 50.6 Å². The number of amides is 3. The summed E-state index contributed by atoms with van der Waals surface area (Å²) in [6, 6.07) is 28.9.